The monoisotopic (exact) mass is 191 g/mol. The van der Waals surface area contributed by atoms with Crippen molar-refractivity contribution in [3.8, 4) is 5.75 Å². The van der Waals surface area contributed by atoms with Crippen molar-refractivity contribution in [2.45, 2.75) is 19.4 Å². The highest BCUT2D eigenvalue weighted by molar-refractivity contribution is 5.29. The minimum absolute atomic E-state index is 0.0402. The molecule has 0 aliphatic rings. The van der Waals surface area contributed by atoms with Crippen LogP contribution in [0.3, 0.4) is 0 Å². The van der Waals surface area contributed by atoms with Crippen LogP contribution in [0.2, 0.25) is 0 Å². The van der Waals surface area contributed by atoms with E-state index in [0.29, 0.717) is 0 Å². The van der Waals surface area contributed by atoms with Gasteiger partial charge in [0.1, 0.15) is 5.75 Å². The van der Waals surface area contributed by atoms with E-state index in [1.807, 2.05) is 31.2 Å². The molecule has 14 heavy (non-hydrogen) atoms. The standard InChI is InChI=1S/C12H17NO/c1-9(2)8-12(13)10-4-6-11(14-3)7-5-10/h4-7,12H,1,8,13H2,2-3H3/t12-/m0/s1. The first-order valence-corrected chi connectivity index (χ1v) is 4.67. The summed E-state index contributed by atoms with van der Waals surface area (Å²) in [5.41, 5.74) is 8.21. The first kappa shape index (κ1) is 10.8. The Morgan fingerprint density at radius 2 is 2.00 bits per heavy atom. The fraction of sp³-hybridized carbons (Fsp3) is 0.333. The molecule has 0 saturated heterocycles. The number of methoxy groups -OCH3 is 1. The molecule has 0 fully saturated rings. The van der Waals surface area contributed by atoms with E-state index in [0.717, 1.165) is 23.3 Å². The average Bonchev–Trinajstić information content (AvgIpc) is 2.17. The van der Waals surface area contributed by atoms with Crippen molar-refractivity contribution in [2.75, 3.05) is 7.11 Å². The molecule has 0 saturated carbocycles. The molecule has 0 unspecified atom stereocenters. The number of hydrogen-bond donors (Lipinski definition) is 1. The van der Waals surface area contributed by atoms with Gasteiger partial charge < -0.3 is 10.5 Å². The molecule has 1 rings (SSSR count). The average molecular weight is 191 g/mol. The maximum atomic E-state index is 5.99. The van der Waals surface area contributed by atoms with Crippen LogP contribution in [0.1, 0.15) is 24.9 Å². The number of ether oxygens (including phenoxy) is 1. The van der Waals surface area contributed by atoms with Crippen LogP contribution in [0.5, 0.6) is 5.75 Å². The Morgan fingerprint density at radius 1 is 1.43 bits per heavy atom. The summed E-state index contributed by atoms with van der Waals surface area (Å²) >= 11 is 0. The lowest BCUT2D eigenvalue weighted by Crippen LogP contribution is -2.10. The van der Waals surface area contributed by atoms with E-state index in [2.05, 4.69) is 6.58 Å². The molecule has 0 heterocycles. The molecule has 2 nitrogen and oxygen atoms in total. The van der Waals surface area contributed by atoms with Crippen molar-refractivity contribution >= 4 is 0 Å². The van der Waals surface area contributed by atoms with E-state index >= 15 is 0 Å². The van der Waals surface area contributed by atoms with E-state index in [9.17, 15) is 0 Å². The number of hydrogen-bond acceptors (Lipinski definition) is 2. The smallest absolute Gasteiger partial charge is 0.118 e. The predicted octanol–water partition coefficient (Wildman–Crippen LogP) is 2.66. The molecule has 1 aromatic rings. The molecule has 0 amide bonds. The molecule has 76 valence electrons. The third kappa shape index (κ3) is 2.89. The Morgan fingerprint density at radius 3 is 2.43 bits per heavy atom. The Balaban J connectivity index is 2.71. The fourth-order valence-electron chi connectivity index (χ4n) is 1.34. The van der Waals surface area contributed by atoms with Gasteiger partial charge >= 0.3 is 0 Å². The lowest BCUT2D eigenvalue weighted by Gasteiger charge is -2.12. The van der Waals surface area contributed by atoms with Gasteiger partial charge in [0.25, 0.3) is 0 Å². The van der Waals surface area contributed by atoms with Crippen molar-refractivity contribution in [1.82, 2.24) is 0 Å². The summed E-state index contributed by atoms with van der Waals surface area (Å²) in [6.45, 7) is 5.84. The highest BCUT2D eigenvalue weighted by Gasteiger charge is 2.05. The molecule has 2 N–H and O–H groups in total. The molecule has 0 radical (unpaired) electrons. The number of benzene rings is 1. The van der Waals surface area contributed by atoms with Crippen LogP contribution in [0.25, 0.3) is 0 Å². The Kier molecular flexibility index (Phi) is 3.72. The first-order valence-electron chi connectivity index (χ1n) is 4.67. The molecule has 2 heteroatoms. The first-order chi connectivity index (χ1) is 6.63. The maximum absolute atomic E-state index is 5.99. The highest BCUT2D eigenvalue weighted by Crippen LogP contribution is 2.20. The van der Waals surface area contributed by atoms with Crippen LogP contribution >= 0.6 is 0 Å². The second-order valence-electron chi connectivity index (χ2n) is 3.54. The summed E-state index contributed by atoms with van der Waals surface area (Å²) in [5, 5.41) is 0. The fourth-order valence-corrected chi connectivity index (χ4v) is 1.34. The third-order valence-corrected chi connectivity index (χ3v) is 2.11. The molecular weight excluding hydrogens is 174 g/mol. The number of nitrogens with two attached hydrogens (primary N) is 1. The van der Waals surface area contributed by atoms with E-state index in [1.165, 1.54) is 0 Å². The van der Waals surface area contributed by atoms with E-state index in [1.54, 1.807) is 7.11 Å². The minimum Gasteiger partial charge on any atom is -0.497 e. The van der Waals surface area contributed by atoms with Crippen LogP contribution in [0, 0.1) is 0 Å². The minimum atomic E-state index is 0.0402. The molecule has 1 aromatic carbocycles. The lowest BCUT2D eigenvalue weighted by atomic mass is 10.0. The van der Waals surface area contributed by atoms with Crippen molar-refractivity contribution in [3.63, 3.8) is 0 Å². The van der Waals surface area contributed by atoms with E-state index in [-0.39, 0.29) is 6.04 Å². The SMILES string of the molecule is C=C(C)C[C@H](N)c1ccc(OC)cc1. The van der Waals surface area contributed by atoms with Gasteiger partial charge in [-0.3, -0.25) is 0 Å². The van der Waals surface area contributed by atoms with Crippen molar-refractivity contribution in [3.05, 3.63) is 42.0 Å². The zero-order chi connectivity index (χ0) is 10.6. The second kappa shape index (κ2) is 4.82. The van der Waals surface area contributed by atoms with E-state index < -0.39 is 0 Å². The van der Waals surface area contributed by atoms with Gasteiger partial charge in [-0.1, -0.05) is 17.7 Å². The predicted molar refractivity (Wildman–Crippen MR) is 59.4 cm³/mol. The Hall–Kier alpha value is -1.28. The van der Waals surface area contributed by atoms with Crippen LogP contribution in [-0.4, -0.2) is 7.11 Å². The quantitative estimate of drug-likeness (QED) is 0.742. The second-order valence-corrected chi connectivity index (χ2v) is 3.54. The summed E-state index contributed by atoms with van der Waals surface area (Å²) in [5.74, 6) is 0.858. The van der Waals surface area contributed by atoms with Gasteiger partial charge in [0.05, 0.1) is 7.11 Å². The van der Waals surface area contributed by atoms with Crippen LogP contribution < -0.4 is 10.5 Å². The van der Waals surface area contributed by atoms with Gasteiger partial charge in [-0.25, -0.2) is 0 Å². The summed E-state index contributed by atoms with van der Waals surface area (Å²) in [7, 11) is 1.66. The van der Waals surface area contributed by atoms with Crippen molar-refractivity contribution in [2.24, 2.45) is 5.73 Å². The summed E-state index contributed by atoms with van der Waals surface area (Å²) in [4.78, 5) is 0. The van der Waals surface area contributed by atoms with Gasteiger partial charge in [-0.15, -0.1) is 6.58 Å². The van der Waals surface area contributed by atoms with Crippen molar-refractivity contribution < 1.29 is 4.74 Å². The zero-order valence-electron chi connectivity index (χ0n) is 8.79. The highest BCUT2D eigenvalue weighted by atomic mass is 16.5. The summed E-state index contributed by atoms with van der Waals surface area (Å²) < 4.78 is 5.07. The van der Waals surface area contributed by atoms with E-state index in [4.69, 9.17) is 10.5 Å². The normalized spacial score (nSPS) is 12.2. The maximum Gasteiger partial charge on any atom is 0.118 e. The topological polar surface area (TPSA) is 35.2 Å². The molecule has 0 spiro atoms. The van der Waals surface area contributed by atoms with Crippen molar-refractivity contribution in [1.29, 1.82) is 0 Å². The Bertz CT molecular complexity index is 303. The molecule has 1 atom stereocenters. The Labute approximate surface area is 85.4 Å². The molecule has 0 aromatic heterocycles. The molecule has 0 bridgehead atoms. The number of rotatable bonds is 4. The molecular formula is C12H17NO. The van der Waals surface area contributed by atoms with Gasteiger partial charge in [0, 0.05) is 6.04 Å². The summed E-state index contributed by atoms with van der Waals surface area (Å²) in [6.07, 6.45) is 0.826. The van der Waals surface area contributed by atoms with Gasteiger partial charge in [0.15, 0.2) is 0 Å². The van der Waals surface area contributed by atoms with Crippen LogP contribution in [-0.2, 0) is 0 Å². The lowest BCUT2D eigenvalue weighted by molar-refractivity contribution is 0.414. The van der Waals surface area contributed by atoms with Crippen LogP contribution in [0.4, 0.5) is 0 Å². The van der Waals surface area contributed by atoms with Gasteiger partial charge in [-0.2, -0.15) is 0 Å². The molecule has 0 aliphatic carbocycles. The van der Waals surface area contributed by atoms with Gasteiger partial charge in [-0.05, 0) is 31.0 Å². The summed E-state index contributed by atoms with van der Waals surface area (Å²) in [6, 6.07) is 7.87. The van der Waals surface area contributed by atoms with Gasteiger partial charge in [0.2, 0.25) is 0 Å². The third-order valence-electron chi connectivity index (χ3n) is 2.11. The van der Waals surface area contributed by atoms with Crippen LogP contribution in [0.15, 0.2) is 36.4 Å². The largest absolute Gasteiger partial charge is 0.497 e. The zero-order valence-corrected chi connectivity index (χ0v) is 8.79. The molecule has 0 aliphatic heterocycles.